The summed E-state index contributed by atoms with van der Waals surface area (Å²) in [6.07, 6.45) is -0.762. The van der Waals surface area contributed by atoms with Crippen LogP contribution in [0.2, 0.25) is 0 Å². The molecule has 3 aromatic carbocycles. The molecule has 0 amide bonds. The standard InChI is InChI=1S/C33H20O15/c1-14(26(35)44-17-4-7-20-23(12-17)32(41)47-29(20)38)10-15(27(36)45-18-5-8-21-24(13-18)33(42)48-30(21)39)2-9-25(34)43-16-3-6-19-22(11-16)31(40)46-28(19)37/h3-8,11-15H,2,9-10H2,1H3. The predicted octanol–water partition coefficient (Wildman–Crippen LogP) is 3.16. The molecule has 3 heterocycles. The first-order valence-electron chi connectivity index (χ1n) is 14.2. The first kappa shape index (κ1) is 31.5. The van der Waals surface area contributed by atoms with Gasteiger partial charge in [-0.1, -0.05) is 6.92 Å². The maximum absolute atomic E-state index is 13.4. The molecule has 0 saturated heterocycles. The summed E-state index contributed by atoms with van der Waals surface area (Å²) in [6.45, 7) is 1.45. The molecular formula is C33H20O15. The molecule has 3 aliphatic rings. The lowest BCUT2D eigenvalue weighted by Gasteiger charge is -2.19. The highest BCUT2D eigenvalue weighted by molar-refractivity contribution is 6.16. The number of hydrogen-bond acceptors (Lipinski definition) is 15. The van der Waals surface area contributed by atoms with E-state index < -0.39 is 65.6 Å². The monoisotopic (exact) mass is 656 g/mol. The van der Waals surface area contributed by atoms with E-state index in [-0.39, 0.29) is 69.9 Å². The number of fused-ring (bicyclic) bond motifs is 3. The van der Waals surface area contributed by atoms with Crippen molar-refractivity contribution < 1.29 is 71.6 Å². The summed E-state index contributed by atoms with van der Waals surface area (Å²) in [4.78, 5) is 110. The molecule has 0 bridgehead atoms. The second-order valence-electron chi connectivity index (χ2n) is 10.8. The minimum Gasteiger partial charge on any atom is -0.427 e. The van der Waals surface area contributed by atoms with Crippen LogP contribution >= 0.6 is 0 Å². The summed E-state index contributed by atoms with van der Waals surface area (Å²) in [5.41, 5.74) is -0.248. The summed E-state index contributed by atoms with van der Waals surface area (Å²) in [5, 5.41) is 0. The van der Waals surface area contributed by atoms with Gasteiger partial charge in [-0.05, 0) is 67.4 Å². The van der Waals surface area contributed by atoms with Gasteiger partial charge in [-0.25, -0.2) is 28.8 Å². The molecule has 0 fully saturated rings. The van der Waals surface area contributed by atoms with Crippen LogP contribution in [0.5, 0.6) is 17.2 Å². The number of rotatable bonds is 10. The van der Waals surface area contributed by atoms with E-state index in [9.17, 15) is 43.2 Å². The molecule has 15 nitrogen and oxygen atoms in total. The molecule has 242 valence electrons. The Morgan fingerprint density at radius 3 is 1.35 bits per heavy atom. The quantitative estimate of drug-likeness (QED) is 0.133. The molecule has 0 spiro atoms. The molecule has 6 rings (SSSR count). The second kappa shape index (κ2) is 12.4. The van der Waals surface area contributed by atoms with Crippen molar-refractivity contribution in [2.24, 2.45) is 11.8 Å². The fraction of sp³-hybridized carbons (Fsp3) is 0.182. The minimum atomic E-state index is -1.12. The molecule has 0 aliphatic carbocycles. The highest BCUT2D eigenvalue weighted by Gasteiger charge is 2.34. The molecule has 3 aliphatic heterocycles. The van der Waals surface area contributed by atoms with Crippen LogP contribution in [0.3, 0.4) is 0 Å². The van der Waals surface area contributed by atoms with Crippen molar-refractivity contribution in [3.8, 4) is 17.2 Å². The van der Waals surface area contributed by atoms with Gasteiger partial charge in [0, 0.05) is 6.42 Å². The fourth-order valence-electron chi connectivity index (χ4n) is 5.13. The highest BCUT2D eigenvalue weighted by Crippen LogP contribution is 2.30. The van der Waals surface area contributed by atoms with Crippen molar-refractivity contribution in [3.05, 3.63) is 88.0 Å². The van der Waals surface area contributed by atoms with Gasteiger partial charge in [0.25, 0.3) is 0 Å². The summed E-state index contributed by atoms with van der Waals surface area (Å²) >= 11 is 0. The number of cyclic esters (lactones) is 6. The molecule has 0 radical (unpaired) electrons. The van der Waals surface area contributed by atoms with Crippen LogP contribution in [-0.2, 0) is 28.6 Å². The number of ether oxygens (including phenoxy) is 6. The maximum atomic E-state index is 13.4. The van der Waals surface area contributed by atoms with Crippen LogP contribution in [0.25, 0.3) is 0 Å². The Morgan fingerprint density at radius 2 is 0.917 bits per heavy atom. The van der Waals surface area contributed by atoms with Crippen molar-refractivity contribution in [3.63, 3.8) is 0 Å². The molecule has 0 aromatic heterocycles. The summed E-state index contributed by atoms with van der Waals surface area (Å²) in [5.74, 6) is -10.1. The number of benzene rings is 3. The van der Waals surface area contributed by atoms with Crippen LogP contribution in [0, 0.1) is 11.8 Å². The van der Waals surface area contributed by atoms with E-state index in [2.05, 4.69) is 14.2 Å². The predicted molar refractivity (Wildman–Crippen MR) is 152 cm³/mol. The molecule has 15 heteroatoms. The van der Waals surface area contributed by atoms with Gasteiger partial charge < -0.3 is 28.4 Å². The normalized spacial score (nSPS) is 15.4. The largest absolute Gasteiger partial charge is 0.427 e. The summed E-state index contributed by atoms with van der Waals surface area (Å²) < 4.78 is 29.7. The first-order chi connectivity index (χ1) is 22.9. The van der Waals surface area contributed by atoms with Crippen LogP contribution in [-0.4, -0.2) is 53.7 Å². The molecule has 48 heavy (non-hydrogen) atoms. The zero-order chi connectivity index (χ0) is 34.3. The van der Waals surface area contributed by atoms with Crippen molar-refractivity contribution >= 4 is 53.7 Å². The van der Waals surface area contributed by atoms with Crippen LogP contribution in [0.4, 0.5) is 0 Å². The Morgan fingerprint density at radius 1 is 0.542 bits per heavy atom. The Hall–Kier alpha value is -6.51. The van der Waals surface area contributed by atoms with Gasteiger partial charge >= 0.3 is 53.7 Å². The van der Waals surface area contributed by atoms with Gasteiger partial charge in [0.05, 0.1) is 45.2 Å². The average Bonchev–Trinajstić information content (AvgIpc) is 3.61. The summed E-state index contributed by atoms with van der Waals surface area (Å²) in [6, 6.07) is 11.1. The number of carbonyl (C=O) groups is 9. The Bertz CT molecular complexity index is 2010. The molecular weight excluding hydrogens is 636 g/mol. The first-order valence-corrected chi connectivity index (χ1v) is 14.2. The Balaban J connectivity index is 1.15. The highest BCUT2D eigenvalue weighted by atomic mass is 16.6. The lowest BCUT2D eigenvalue weighted by Crippen LogP contribution is -2.28. The van der Waals surface area contributed by atoms with Crippen molar-refractivity contribution in [2.45, 2.75) is 26.2 Å². The van der Waals surface area contributed by atoms with Crippen LogP contribution in [0.15, 0.2) is 54.6 Å². The molecule has 3 aromatic rings. The van der Waals surface area contributed by atoms with Gasteiger partial charge in [-0.2, -0.15) is 0 Å². The van der Waals surface area contributed by atoms with Crippen LogP contribution < -0.4 is 14.2 Å². The van der Waals surface area contributed by atoms with E-state index in [1.165, 1.54) is 55.5 Å². The van der Waals surface area contributed by atoms with E-state index in [4.69, 9.17) is 14.2 Å². The van der Waals surface area contributed by atoms with Gasteiger partial charge in [0.15, 0.2) is 0 Å². The van der Waals surface area contributed by atoms with E-state index in [1.807, 2.05) is 0 Å². The van der Waals surface area contributed by atoms with E-state index in [0.29, 0.717) is 0 Å². The van der Waals surface area contributed by atoms with E-state index in [1.54, 1.807) is 0 Å². The number of hydrogen-bond donors (Lipinski definition) is 0. The van der Waals surface area contributed by atoms with Gasteiger partial charge in [-0.3, -0.25) is 14.4 Å². The lowest BCUT2D eigenvalue weighted by atomic mass is 9.92. The molecule has 0 saturated carbocycles. The van der Waals surface area contributed by atoms with Gasteiger partial charge in [-0.15, -0.1) is 0 Å². The van der Waals surface area contributed by atoms with E-state index in [0.717, 1.165) is 6.07 Å². The van der Waals surface area contributed by atoms with Crippen LogP contribution in [0.1, 0.15) is 88.3 Å². The third kappa shape index (κ3) is 6.16. The van der Waals surface area contributed by atoms with Gasteiger partial charge in [0.1, 0.15) is 17.2 Å². The lowest BCUT2D eigenvalue weighted by molar-refractivity contribution is -0.143. The molecule has 2 unspecified atom stereocenters. The number of esters is 9. The minimum absolute atomic E-state index is 0.0103. The van der Waals surface area contributed by atoms with Crippen molar-refractivity contribution in [1.82, 2.24) is 0 Å². The fourth-order valence-corrected chi connectivity index (χ4v) is 5.13. The molecule has 0 N–H and O–H groups in total. The molecule has 2 atom stereocenters. The van der Waals surface area contributed by atoms with Crippen molar-refractivity contribution in [2.75, 3.05) is 0 Å². The Labute approximate surface area is 268 Å². The third-order valence-electron chi connectivity index (χ3n) is 7.59. The SMILES string of the molecule is CC(CC(CCC(=O)Oc1ccc2c(c1)C(=O)OC2=O)C(=O)Oc1ccc2c(c1)C(=O)OC2=O)C(=O)Oc1ccc2c(c1)C(=O)OC2=O. The number of carbonyl (C=O) groups excluding carboxylic acids is 9. The van der Waals surface area contributed by atoms with Crippen molar-refractivity contribution in [1.29, 1.82) is 0 Å². The smallest absolute Gasteiger partial charge is 0.347 e. The zero-order valence-electron chi connectivity index (χ0n) is 24.6. The van der Waals surface area contributed by atoms with Gasteiger partial charge in [0.2, 0.25) is 0 Å². The summed E-state index contributed by atoms with van der Waals surface area (Å²) in [7, 11) is 0. The zero-order valence-corrected chi connectivity index (χ0v) is 24.6. The third-order valence-corrected chi connectivity index (χ3v) is 7.59. The topological polar surface area (TPSA) is 209 Å². The average molecular weight is 657 g/mol. The maximum Gasteiger partial charge on any atom is 0.347 e. The Kier molecular flexibility index (Phi) is 8.10. The second-order valence-corrected chi connectivity index (χ2v) is 10.8. The van der Waals surface area contributed by atoms with E-state index >= 15 is 0 Å².